The van der Waals surface area contributed by atoms with Crippen LogP contribution in [0.15, 0.2) is 36.5 Å². The van der Waals surface area contributed by atoms with Crippen LogP contribution < -0.4 is 4.74 Å². The number of nitrogens with zero attached hydrogens (tertiary/aromatic N) is 2. The summed E-state index contributed by atoms with van der Waals surface area (Å²) in [7, 11) is 1.47. The lowest BCUT2D eigenvalue weighted by molar-refractivity contribution is -0.384. The summed E-state index contributed by atoms with van der Waals surface area (Å²) in [5.74, 6) is 0.458. The number of ether oxygens (including phenoxy) is 1. The van der Waals surface area contributed by atoms with E-state index in [0.717, 1.165) is 0 Å². The first-order valence-corrected chi connectivity index (χ1v) is 5.12. The lowest BCUT2D eigenvalue weighted by Crippen LogP contribution is -2.01. The van der Waals surface area contributed by atoms with E-state index in [2.05, 4.69) is 0 Å². The molecule has 6 nitrogen and oxygen atoms in total. The smallest absolute Gasteiger partial charge is 0.271 e. The van der Waals surface area contributed by atoms with Crippen molar-refractivity contribution in [3.63, 3.8) is 0 Å². The molecule has 18 heavy (non-hydrogen) atoms. The molecule has 92 valence electrons. The Morgan fingerprint density at radius 1 is 1.39 bits per heavy atom. The molecule has 0 atom stereocenters. The Hall–Kier alpha value is -2.63. The molecule has 0 aliphatic carbocycles. The highest BCUT2D eigenvalue weighted by Crippen LogP contribution is 2.28. The molecule has 0 aliphatic rings. The Labute approximate surface area is 103 Å². The molecule has 0 unspecified atom stereocenters. The van der Waals surface area contributed by atoms with Crippen molar-refractivity contribution < 1.29 is 14.5 Å². The second-order valence-corrected chi connectivity index (χ2v) is 3.53. The SMILES string of the molecule is COc1ccc([N+](=O)[O-])cc1-n1cccc1C=O. The number of aldehydes is 1. The fourth-order valence-corrected chi connectivity index (χ4v) is 1.69. The van der Waals surface area contributed by atoms with Gasteiger partial charge in [0.25, 0.3) is 5.69 Å². The van der Waals surface area contributed by atoms with E-state index in [0.29, 0.717) is 23.4 Å². The van der Waals surface area contributed by atoms with Gasteiger partial charge in [0.15, 0.2) is 6.29 Å². The zero-order valence-corrected chi connectivity index (χ0v) is 9.57. The number of hydrogen-bond acceptors (Lipinski definition) is 4. The van der Waals surface area contributed by atoms with Gasteiger partial charge in [-0.25, -0.2) is 0 Å². The number of carbonyl (C=O) groups is 1. The van der Waals surface area contributed by atoms with Crippen LogP contribution in [0.1, 0.15) is 10.5 Å². The second-order valence-electron chi connectivity index (χ2n) is 3.53. The van der Waals surface area contributed by atoms with Crippen molar-refractivity contribution in [3.05, 3.63) is 52.3 Å². The Morgan fingerprint density at radius 2 is 2.17 bits per heavy atom. The van der Waals surface area contributed by atoms with Gasteiger partial charge in [-0.05, 0) is 18.2 Å². The summed E-state index contributed by atoms with van der Waals surface area (Å²) in [5, 5.41) is 10.8. The number of nitro groups is 1. The summed E-state index contributed by atoms with van der Waals surface area (Å²) in [4.78, 5) is 21.2. The molecule has 0 amide bonds. The Kier molecular flexibility index (Phi) is 3.09. The van der Waals surface area contributed by atoms with Crippen LogP contribution in [0.4, 0.5) is 5.69 Å². The third-order valence-electron chi connectivity index (χ3n) is 2.53. The average Bonchev–Trinajstić information content (AvgIpc) is 2.85. The number of hydrogen-bond donors (Lipinski definition) is 0. The molecule has 1 heterocycles. The van der Waals surface area contributed by atoms with E-state index in [9.17, 15) is 14.9 Å². The molecule has 0 saturated carbocycles. The third kappa shape index (κ3) is 1.95. The molecule has 0 saturated heterocycles. The Balaban J connectivity index is 2.64. The maximum atomic E-state index is 10.9. The van der Waals surface area contributed by atoms with Gasteiger partial charge in [-0.3, -0.25) is 14.9 Å². The van der Waals surface area contributed by atoms with Crippen LogP contribution in [0.3, 0.4) is 0 Å². The van der Waals surface area contributed by atoms with Gasteiger partial charge in [0.2, 0.25) is 0 Å². The molecular weight excluding hydrogens is 236 g/mol. The standard InChI is InChI=1S/C12H10N2O4/c1-18-12-5-4-9(14(16)17)7-11(12)13-6-2-3-10(13)8-15/h2-8H,1H3. The van der Waals surface area contributed by atoms with Gasteiger partial charge in [0.05, 0.1) is 23.4 Å². The van der Waals surface area contributed by atoms with Crippen molar-refractivity contribution in [2.75, 3.05) is 7.11 Å². The van der Waals surface area contributed by atoms with Crippen LogP contribution in [0.2, 0.25) is 0 Å². The van der Waals surface area contributed by atoms with Crippen molar-refractivity contribution in [2.24, 2.45) is 0 Å². The molecule has 0 fully saturated rings. The number of non-ortho nitro benzene ring substituents is 1. The van der Waals surface area contributed by atoms with E-state index in [1.807, 2.05) is 0 Å². The first kappa shape index (κ1) is 11.8. The minimum absolute atomic E-state index is 0.0589. The number of carbonyl (C=O) groups excluding carboxylic acids is 1. The molecule has 6 heteroatoms. The van der Waals surface area contributed by atoms with E-state index in [1.165, 1.54) is 25.3 Å². The summed E-state index contributed by atoms with van der Waals surface area (Å²) in [6, 6.07) is 7.52. The van der Waals surface area contributed by atoms with Gasteiger partial charge in [-0.2, -0.15) is 0 Å². The van der Waals surface area contributed by atoms with E-state index < -0.39 is 4.92 Å². The first-order chi connectivity index (χ1) is 8.67. The summed E-state index contributed by atoms with van der Waals surface area (Å²) >= 11 is 0. The summed E-state index contributed by atoms with van der Waals surface area (Å²) in [5.41, 5.74) is 0.795. The lowest BCUT2D eigenvalue weighted by Gasteiger charge is -2.10. The van der Waals surface area contributed by atoms with E-state index in [1.54, 1.807) is 22.9 Å². The van der Waals surface area contributed by atoms with Crippen LogP contribution in [-0.2, 0) is 0 Å². The Morgan fingerprint density at radius 3 is 2.78 bits per heavy atom. The summed E-state index contributed by atoms with van der Waals surface area (Å²) < 4.78 is 6.68. The van der Waals surface area contributed by atoms with Crippen molar-refractivity contribution in [1.82, 2.24) is 4.57 Å². The highest BCUT2D eigenvalue weighted by molar-refractivity contribution is 5.74. The molecule has 0 spiro atoms. The lowest BCUT2D eigenvalue weighted by atomic mass is 10.2. The Bertz CT molecular complexity index is 604. The fraction of sp³-hybridized carbons (Fsp3) is 0.0833. The fourth-order valence-electron chi connectivity index (χ4n) is 1.69. The van der Waals surface area contributed by atoms with Crippen molar-refractivity contribution in [1.29, 1.82) is 0 Å². The number of rotatable bonds is 4. The average molecular weight is 246 g/mol. The van der Waals surface area contributed by atoms with Gasteiger partial charge in [-0.15, -0.1) is 0 Å². The van der Waals surface area contributed by atoms with E-state index in [-0.39, 0.29) is 5.69 Å². The molecule has 2 rings (SSSR count). The van der Waals surface area contributed by atoms with Crippen LogP contribution in [0.5, 0.6) is 5.75 Å². The predicted octanol–water partition coefficient (Wildman–Crippen LogP) is 2.21. The highest BCUT2D eigenvalue weighted by atomic mass is 16.6. The molecule has 0 bridgehead atoms. The molecule has 0 N–H and O–H groups in total. The summed E-state index contributed by atoms with van der Waals surface area (Å²) in [6.45, 7) is 0. The quantitative estimate of drug-likeness (QED) is 0.471. The second kappa shape index (κ2) is 4.70. The number of methoxy groups -OCH3 is 1. The van der Waals surface area contributed by atoms with E-state index in [4.69, 9.17) is 4.74 Å². The third-order valence-corrected chi connectivity index (χ3v) is 2.53. The number of benzene rings is 1. The topological polar surface area (TPSA) is 74.4 Å². The van der Waals surface area contributed by atoms with Crippen molar-refractivity contribution >= 4 is 12.0 Å². The maximum absolute atomic E-state index is 10.9. The molecule has 0 aliphatic heterocycles. The molecule has 0 radical (unpaired) electrons. The zero-order valence-electron chi connectivity index (χ0n) is 9.57. The maximum Gasteiger partial charge on any atom is 0.271 e. The van der Waals surface area contributed by atoms with Crippen LogP contribution in [0.25, 0.3) is 5.69 Å². The van der Waals surface area contributed by atoms with Crippen LogP contribution in [0, 0.1) is 10.1 Å². The number of aromatic nitrogens is 1. The monoisotopic (exact) mass is 246 g/mol. The van der Waals surface area contributed by atoms with Gasteiger partial charge in [0, 0.05) is 18.3 Å². The van der Waals surface area contributed by atoms with Crippen molar-refractivity contribution in [3.8, 4) is 11.4 Å². The minimum Gasteiger partial charge on any atom is -0.495 e. The molecule has 2 aromatic rings. The van der Waals surface area contributed by atoms with Gasteiger partial charge in [0.1, 0.15) is 5.75 Å². The minimum atomic E-state index is -0.493. The summed E-state index contributed by atoms with van der Waals surface area (Å²) in [6.07, 6.45) is 2.32. The highest BCUT2D eigenvalue weighted by Gasteiger charge is 2.14. The van der Waals surface area contributed by atoms with Gasteiger partial charge < -0.3 is 9.30 Å². The number of nitro benzene ring substituents is 1. The van der Waals surface area contributed by atoms with Crippen LogP contribution in [-0.4, -0.2) is 22.9 Å². The molecule has 1 aromatic carbocycles. The van der Waals surface area contributed by atoms with Crippen LogP contribution >= 0.6 is 0 Å². The van der Waals surface area contributed by atoms with E-state index >= 15 is 0 Å². The van der Waals surface area contributed by atoms with Gasteiger partial charge >= 0.3 is 0 Å². The van der Waals surface area contributed by atoms with Crippen molar-refractivity contribution in [2.45, 2.75) is 0 Å². The predicted molar refractivity (Wildman–Crippen MR) is 64.4 cm³/mol. The molecular formula is C12H10N2O4. The zero-order chi connectivity index (χ0) is 13.1. The first-order valence-electron chi connectivity index (χ1n) is 5.12. The largest absolute Gasteiger partial charge is 0.495 e. The van der Waals surface area contributed by atoms with Gasteiger partial charge in [-0.1, -0.05) is 0 Å². The normalized spacial score (nSPS) is 10.1. The molecule has 1 aromatic heterocycles.